The summed E-state index contributed by atoms with van der Waals surface area (Å²) in [6, 6.07) is 17.2. The molecule has 200 valence electrons. The number of hydrogen-bond acceptors (Lipinski definition) is 9. The molecule has 0 saturated carbocycles. The summed E-state index contributed by atoms with van der Waals surface area (Å²) >= 11 is 0. The highest BCUT2D eigenvalue weighted by atomic mass is 16.5. The third-order valence-electron chi connectivity index (χ3n) is 6.41. The lowest BCUT2D eigenvalue weighted by Crippen LogP contribution is -2.28. The zero-order valence-corrected chi connectivity index (χ0v) is 22.0. The summed E-state index contributed by atoms with van der Waals surface area (Å²) in [5.74, 6) is 2.61. The number of benzene rings is 2. The molecule has 0 spiro atoms. The van der Waals surface area contributed by atoms with Gasteiger partial charge in [-0.1, -0.05) is 18.2 Å². The van der Waals surface area contributed by atoms with Gasteiger partial charge in [0.15, 0.2) is 17.3 Å². The van der Waals surface area contributed by atoms with Crippen LogP contribution in [0.15, 0.2) is 71.8 Å². The highest BCUT2D eigenvalue weighted by Gasteiger charge is 2.17. The van der Waals surface area contributed by atoms with Crippen molar-refractivity contribution in [3.8, 4) is 17.2 Å². The number of methoxy groups -OCH3 is 3. The first kappa shape index (κ1) is 25.9. The van der Waals surface area contributed by atoms with Crippen molar-refractivity contribution in [3.63, 3.8) is 0 Å². The van der Waals surface area contributed by atoms with E-state index in [1.807, 2.05) is 54.7 Å². The van der Waals surface area contributed by atoms with E-state index in [2.05, 4.69) is 30.4 Å². The average molecular weight is 528 g/mol. The normalized spacial score (nSPS) is 11.2. The summed E-state index contributed by atoms with van der Waals surface area (Å²) in [7, 11) is 4.79. The number of nitrogens with zero attached hydrogens (tertiary/aromatic N) is 6. The fourth-order valence-corrected chi connectivity index (χ4v) is 4.42. The molecule has 1 N–H and O–H groups in total. The minimum absolute atomic E-state index is 0.177. The number of H-pyrrole nitrogens is 1. The van der Waals surface area contributed by atoms with Crippen LogP contribution in [0, 0.1) is 0 Å². The molecule has 0 saturated heterocycles. The number of nitrogens with one attached hydrogen (secondary N) is 1. The van der Waals surface area contributed by atoms with Crippen LogP contribution >= 0.6 is 0 Å². The van der Waals surface area contributed by atoms with Gasteiger partial charge >= 0.3 is 0 Å². The van der Waals surface area contributed by atoms with Gasteiger partial charge in [0.05, 0.1) is 39.9 Å². The quantitative estimate of drug-likeness (QED) is 0.276. The first-order valence-corrected chi connectivity index (χ1v) is 12.3. The van der Waals surface area contributed by atoms with Gasteiger partial charge in [0, 0.05) is 42.5 Å². The number of fused-ring (bicyclic) bond motifs is 1. The van der Waals surface area contributed by atoms with Gasteiger partial charge in [0.2, 0.25) is 0 Å². The SMILES string of the molecule is COc1ccc(Cn2nnnc2CN(Cc2cccnc2)Cc2cc3cc(OC)c(OC)cc3[nH]c2=O)cc1. The first-order chi connectivity index (χ1) is 19.1. The predicted molar refractivity (Wildman–Crippen MR) is 145 cm³/mol. The second-order valence-electron chi connectivity index (χ2n) is 9.03. The van der Waals surface area contributed by atoms with Gasteiger partial charge in [-0.2, -0.15) is 0 Å². The smallest absolute Gasteiger partial charge is 0.252 e. The van der Waals surface area contributed by atoms with Crippen LogP contribution < -0.4 is 19.8 Å². The summed E-state index contributed by atoms with van der Waals surface area (Å²) < 4.78 is 17.9. The molecule has 0 aliphatic rings. The molecule has 0 unspecified atom stereocenters. The average Bonchev–Trinajstić information content (AvgIpc) is 3.39. The standard InChI is InChI=1S/C28H29N7O4/c1-37-23-8-6-19(7-9-23)16-35-27(31-32-33-35)18-34(15-20-5-4-10-29-14-20)17-22-11-21-12-25(38-2)26(39-3)13-24(21)30-28(22)36/h4-14H,15-18H2,1-3H3,(H,30,36). The molecule has 0 aliphatic carbocycles. The molecule has 0 aliphatic heterocycles. The molecule has 0 bridgehead atoms. The predicted octanol–water partition coefficient (Wildman–Crippen LogP) is 3.19. The molecule has 0 radical (unpaired) electrons. The van der Waals surface area contributed by atoms with Crippen molar-refractivity contribution in [2.45, 2.75) is 26.2 Å². The van der Waals surface area contributed by atoms with E-state index in [0.29, 0.717) is 54.6 Å². The van der Waals surface area contributed by atoms with Crippen LogP contribution in [0.4, 0.5) is 0 Å². The van der Waals surface area contributed by atoms with Gasteiger partial charge in [-0.25, -0.2) is 4.68 Å². The van der Waals surface area contributed by atoms with Crippen molar-refractivity contribution in [2.75, 3.05) is 21.3 Å². The molecule has 5 rings (SSSR count). The van der Waals surface area contributed by atoms with Gasteiger partial charge in [0.25, 0.3) is 5.56 Å². The number of ether oxygens (including phenoxy) is 3. The van der Waals surface area contributed by atoms with Crippen molar-refractivity contribution < 1.29 is 14.2 Å². The van der Waals surface area contributed by atoms with Crippen LogP contribution in [-0.2, 0) is 26.2 Å². The molecule has 0 atom stereocenters. The van der Waals surface area contributed by atoms with E-state index in [4.69, 9.17) is 14.2 Å². The molecule has 2 aromatic carbocycles. The second kappa shape index (κ2) is 11.7. The van der Waals surface area contributed by atoms with Gasteiger partial charge in [-0.15, -0.1) is 5.10 Å². The lowest BCUT2D eigenvalue weighted by atomic mass is 10.1. The number of hydrogen-bond donors (Lipinski definition) is 1. The van der Waals surface area contributed by atoms with Crippen molar-refractivity contribution >= 4 is 10.9 Å². The van der Waals surface area contributed by atoms with Crippen LogP contribution in [-0.4, -0.2) is 56.4 Å². The maximum Gasteiger partial charge on any atom is 0.252 e. The minimum atomic E-state index is -0.177. The Bertz CT molecular complexity index is 1600. The number of tetrazole rings is 1. The molecular formula is C28H29N7O4. The first-order valence-electron chi connectivity index (χ1n) is 12.3. The van der Waals surface area contributed by atoms with E-state index in [0.717, 1.165) is 22.3 Å². The monoisotopic (exact) mass is 527 g/mol. The Hall–Kier alpha value is -4.77. The third-order valence-corrected chi connectivity index (χ3v) is 6.41. The minimum Gasteiger partial charge on any atom is -0.497 e. The van der Waals surface area contributed by atoms with Crippen LogP contribution in [0.2, 0.25) is 0 Å². The Morgan fingerprint density at radius 2 is 1.69 bits per heavy atom. The highest BCUT2D eigenvalue weighted by molar-refractivity contribution is 5.83. The lowest BCUT2D eigenvalue weighted by Gasteiger charge is -2.22. The molecule has 39 heavy (non-hydrogen) atoms. The number of rotatable bonds is 11. The Kier molecular flexibility index (Phi) is 7.78. The molecule has 5 aromatic rings. The van der Waals surface area contributed by atoms with Crippen LogP contribution in [0.1, 0.15) is 22.5 Å². The Labute approximate surface area is 225 Å². The van der Waals surface area contributed by atoms with Crippen molar-refractivity contribution in [3.05, 3.63) is 99.9 Å². The Morgan fingerprint density at radius 1 is 0.897 bits per heavy atom. The molecule has 11 heteroatoms. The number of aromatic nitrogens is 6. The van der Waals surface area contributed by atoms with Crippen LogP contribution in [0.5, 0.6) is 17.2 Å². The fraction of sp³-hybridized carbons (Fsp3) is 0.250. The summed E-state index contributed by atoms with van der Waals surface area (Å²) in [6.07, 6.45) is 3.55. The maximum atomic E-state index is 13.1. The topological polar surface area (TPSA) is 120 Å². The van der Waals surface area contributed by atoms with Gasteiger partial charge in [-0.3, -0.25) is 14.7 Å². The van der Waals surface area contributed by atoms with Gasteiger partial charge in [0.1, 0.15) is 5.75 Å². The van der Waals surface area contributed by atoms with Crippen LogP contribution in [0.3, 0.4) is 0 Å². The molecular weight excluding hydrogens is 498 g/mol. The summed E-state index contributed by atoms with van der Waals surface area (Å²) in [5, 5.41) is 13.3. The number of aromatic amines is 1. The maximum absolute atomic E-state index is 13.1. The van der Waals surface area contributed by atoms with E-state index in [9.17, 15) is 4.79 Å². The van der Waals surface area contributed by atoms with E-state index in [1.54, 1.807) is 38.3 Å². The molecule has 0 fully saturated rings. The molecule has 11 nitrogen and oxygen atoms in total. The van der Waals surface area contributed by atoms with E-state index < -0.39 is 0 Å². The molecule has 3 heterocycles. The van der Waals surface area contributed by atoms with Crippen molar-refractivity contribution in [1.29, 1.82) is 0 Å². The second-order valence-corrected chi connectivity index (χ2v) is 9.03. The fourth-order valence-electron chi connectivity index (χ4n) is 4.42. The van der Waals surface area contributed by atoms with Gasteiger partial charge in [-0.05, 0) is 51.9 Å². The third kappa shape index (κ3) is 6.04. The molecule has 3 aromatic heterocycles. The Morgan fingerprint density at radius 3 is 2.41 bits per heavy atom. The Balaban J connectivity index is 1.43. The van der Waals surface area contributed by atoms with Gasteiger partial charge < -0.3 is 19.2 Å². The zero-order valence-electron chi connectivity index (χ0n) is 22.0. The number of pyridine rings is 2. The molecule has 0 amide bonds. The van der Waals surface area contributed by atoms with Crippen molar-refractivity contribution in [1.82, 2.24) is 35.1 Å². The van der Waals surface area contributed by atoms with E-state index in [1.165, 1.54) is 0 Å². The van der Waals surface area contributed by atoms with Crippen molar-refractivity contribution in [2.24, 2.45) is 0 Å². The zero-order chi connectivity index (χ0) is 27.2. The van der Waals surface area contributed by atoms with E-state index >= 15 is 0 Å². The van der Waals surface area contributed by atoms with E-state index in [-0.39, 0.29) is 5.56 Å². The summed E-state index contributed by atoms with van der Waals surface area (Å²) in [6.45, 7) is 1.84. The van der Waals surface area contributed by atoms with Crippen LogP contribution in [0.25, 0.3) is 10.9 Å². The summed E-state index contributed by atoms with van der Waals surface area (Å²) in [4.78, 5) is 22.5. The lowest BCUT2D eigenvalue weighted by molar-refractivity contribution is 0.235. The largest absolute Gasteiger partial charge is 0.497 e. The summed E-state index contributed by atoms with van der Waals surface area (Å²) in [5.41, 5.74) is 3.15. The highest BCUT2D eigenvalue weighted by Crippen LogP contribution is 2.31.